The number of aliphatic hydroxyl groups is 1. The summed E-state index contributed by atoms with van der Waals surface area (Å²) in [5.41, 5.74) is -1.17. The number of ether oxygens (including phenoxy) is 2. The average Bonchev–Trinajstić information content (AvgIpc) is 3.49. The first-order valence-corrected chi connectivity index (χ1v) is 13.2. The topological polar surface area (TPSA) is 117 Å². The molecule has 3 amide bonds. The maximum atomic E-state index is 14.0. The van der Waals surface area contributed by atoms with Gasteiger partial charge in [0.25, 0.3) is 0 Å². The Morgan fingerprint density at radius 3 is 2.53 bits per heavy atom. The van der Waals surface area contributed by atoms with Crippen molar-refractivity contribution in [3.05, 3.63) is 24.3 Å². The molecule has 1 aromatic carbocycles. The number of nitrogens with one attached hydrogen (secondary N) is 2. The third kappa shape index (κ3) is 4.36. The Kier molecular flexibility index (Phi) is 7.90. The molecule has 1 spiro atoms. The summed E-state index contributed by atoms with van der Waals surface area (Å²) >= 11 is 0. The van der Waals surface area contributed by atoms with Crippen molar-refractivity contribution in [3.63, 3.8) is 0 Å². The van der Waals surface area contributed by atoms with Gasteiger partial charge in [-0.1, -0.05) is 13.8 Å². The molecule has 3 heterocycles. The molecule has 4 rings (SSSR count). The molecule has 0 aromatic heterocycles. The number of likely N-dealkylation sites (tertiary alicyclic amines) is 1. The lowest BCUT2D eigenvalue weighted by Gasteiger charge is -2.34. The van der Waals surface area contributed by atoms with E-state index in [-0.39, 0.29) is 24.3 Å². The summed E-state index contributed by atoms with van der Waals surface area (Å²) in [4.78, 5) is 42.8. The quantitative estimate of drug-likeness (QED) is 0.379. The maximum absolute atomic E-state index is 14.0. The lowest BCUT2D eigenvalue weighted by atomic mass is 9.65. The fourth-order valence-electron chi connectivity index (χ4n) is 6.47. The fourth-order valence-corrected chi connectivity index (χ4v) is 6.47. The van der Waals surface area contributed by atoms with Crippen molar-refractivity contribution in [2.45, 2.75) is 76.0 Å². The van der Waals surface area contributed by atoms with Gasteiger partial charge in [0.15, 0.2) is 0 Å². The Labute approximate surface area is 212 Å². The SMILES string of the molecule is CCCNC(=O)[C@@H]1[C@H]2C(=O)N(CCCCCO)C(C(=O)Nc3ccc(OC)cc3)C23CC[C@@]1(CC)O3. The zero-order valence-corrected chi connectivity index (χ0v) is 21.5. The minimum atomic E-state index is -1.03. The van der Waals surface area contributed by atoms with Gasteiger partial charge in [-0.25, -0.2) is 0 Å². The lowest BCUT2D eigenvalue weighted by molar-refractivity contribution is -0.146. The van der Waals surface area contributed by atoms with Crippen molar-refractivity contribution in [2.75, 3.05) is 32.1 Å². The van der Waals surface area contributed by atoms with Crippen LogP contribution >= 0.6 is 0 Å². The van der Waals surface area contributed by atoms with Crippen molar-refractivity contribution in [2.24, 2.45) is 11.8 Å². The second-order valence-electron chi connectivity index (χ2n) is 10.2. The number of hydrogen-bond donors (Lipinski definition) is 3. The smallest absolute Gasteiger partial charge is 0.250 e. The van der Waals surface area contributed by atoms with E-state index in [1.807, 2.05) is 13.8 Å². The molecule has 2 unspecified atom stereocenters. The van der Waals surface area contributed by atoms with Crippen LogP contribution in [-0.2, 0) is 19.1 Å². The van der Waals surface area contributed by atoms with Gasteiger partial charge in [-0.15, -0.1) is 0 Å². The summed E-state index contributed by atoms with van der Waals surface area (Å²) in [6, 6.07) is 6.22. The van der Waals surface area contributed by atoms with Crippen molar-refractivity contribution < 1.29 is 29.0 Å². The van der Waals surface area contributed by atoms with Crippen molar-refractivity contribution in [1.82, 2.24) is 10.2 Å². The number of fused-ring (bicyclic) bond motifs is 1. The number of methoxy groups -OCH3 is 1. The number of benzene rings is 1. The monoisotopic (exact) mass is 501 g/mol. The number of amides is 3. The maximum Gasteiger partial charge on any atom is 0.250 e. The van der Waals surface area contributed by atoms with Crippen LogP contribution in [0.2, 0.25) is 0 Å². The van der Waals surface area contributed by atoms with Crippen LogP contribution < -0.4 is 15.4 Å². The Balaban J connectivity index is 1.67. The van der Waals surface area contributed by atoms with Gasteiger partial charge in [0.1, 0.15) is 17.4 Å². The van der Waals surface area contributed by atoms with E-state index in [4.69, 9.17) is 9.47 Å². The highest BCUT2D eigenvalue weighted by Gasteiger charge is 2.78. The number of hydrogen-bond acceptors (Lipinski definition) is 6. The standard InChI is InChI=1S/C27H39N3O6/c1-4-15-28-23(32)20-21-25(34)30(16-7-6-8-17-31)22(27(21)14-13-26(20,5-2)36-27)24(33)29-18-9-11-19(35-3)12-10-18/h9-12,20-22,31H,4-8,13-17H2,1-3H3,(H,28,32)(H,29,33)/t20-,21-,22?,26+,27?/m0/s1. The highest BCUT2D eigenvalue weighted by atomic mass is 16.5. The van der Waals surface area contributed by atoms with Crippen LogP contribution in [0.1, 0.15) is 58.8 Å². The minimum Gasteiger partial charge on any atom is -0.497 e. The van der Waals surface area contributed by atoms with Crippen LogP contribution in [0.3, 0.4) is 0 Å². The van der Waals surface area contributed by atoms with Crippen LogP contribution in [-0.4, -0.2) is 71.8 Å². The Hall–Kier alpha value is -2.65. The van der Waals surface area contributed by atoms with E-state index < -0.39 is 29.1 Å². The highest BCUT2D eigenvalue weighted by molar-refractivity contribution is 6.03. The second kappa shape index (κ2) is 10.8. The fraction of sp³-hybridized carbons (Fsp3) is 0.667. The van der Waals surface area contributed by atoms with E-state index >= 15 is 0 Å². The third-order valence-electron chi connectivity index (χ3n) is 8.18. The molecule has 3 aliphatic rings. The average molecular weight is 502 g/mol. The molecule has 3 fully saturated rings. The van der Waals surface area contributed by atoms with Crippen LogP contribution in [0, 0.1) is 11.8 Å². The van der Waals surface area contributed by atoms with E-state index in [9.17, 15) is 19.5 Å². The molecular formula is C27H39N3O6. The van der Waals surface area contributed by atoms with Gasteiger partial charge in [0.05, 0.1) is 24.5 Å². The van der Waals surface area contributed by atoms with Gasteiger partial charge in [-0.2, -0.15) is 0 Å². The van der Waals surface area contributed by atoms with Gasteiger partial charge >= 0.3 is 0 Å². The van der Waals surface area contributed by atoms with Gasteiger partial charge in [-0.05, 0) is 69.2 Å². The largest absolute Gasteiger partial charge is 0.497 e. The summed E-state index contributed by atoms with van der Waals surface area (Å²) in [7, 11) is 1.58. The molecule has 1 aromatic rings. The lowest BCUT2D eigenvalue weighted by Crippen LogP contribution is -2.53. The number of carbonyl (C=O) groups excluding carboxylic acids is 3. The molecule has 198 valence electrons. The number of nitrogens with zero attached hydrogens (tertiary/aromatic N) is 1. The Bertz CT molecular complexity index is 969. The Morgan fingerprint density at radius 2 is 1.89 bits per heavy atom. The minimum absolute atomic E-state index is 0.0870. The van der Waals surface area contributed by atoms with Gasteiger partial charge in [-0.3, -0.25) is 14.4 Å². The number of aliphatic hydroxyl groups excluding tert-OH is 1. The first kappa shape index (κ1) is 26.4. The van der Waals surface area contributed by atoms with Crippen molar-refractivity contribution in [1.29, 1.82) is 0 Å². The molecule has 9 nitrogen and oxygen atoms in total. The molecule has 2 bridgehead atoms. The van der Waals surface area contributed by atoms with Crippen LogP contribution in [0.5, 0.6) is 5.75 Å². The summed E-state index contributed by atoms with van der Waals surface area (Å²) in [6.45, 7) is 4.98. The predicted molar refractivity (Wildman–Crippen MR) is 134 cm³/mol. The number of carbonyl (C=O) groups is 3. The second-order valence-corrected chi connectivity index (χ2v) is 10.2. The van der Waals surface area contributed by atoms with Gasteiger partial charge in [0.2, 0.25) is 17.7 Å². The molecular weight excluding hydrogens is 462 g/mol. The number of anilines is 1. The zero-order valence-electron chi connectivity index (χ0n) is 21.5. The number of rotatable bonds is 12. The third-order valence-corrected chi connectivity index (χ3v) is 8.18. The summed E-state index contributed by atoms with van der Waals surface area (Å²) in [5, 5.41) is 15.1. The summed E-state index contributed by atoms with van der Waals surface area (Å²) < 4.78 is 11.9. The zero-order chi connectivity index (χ0) is 25.9. The predicted octanol–water partition coefficient (Wildman–Crippen LogP) is 2.48. The van der Waals surface area contributed by atoms with E-state index in [2.05, 4.69) is 10.6 Å². The van der Waals surface area contributed by atoms with Crippen LogP contribution in [0.15, 0.2) is 24.3 Å². The molecule has 0 saturated carbocycles. The van der Waals surface area contributed by atoms with E-state index in [1.54, 1.807) is 36.3 Å². The summed E-state index contributed by atoms with van der Waals surface area (Å²) in [6.07, 6.45) is 4.64. The molecule has 5 atom stereocenters. The van der Waals surface area contributed by atoms with Gasteiger partial charge in [0, 0.05) is 25.4 Å². The van der Waals surface area contributed by atoms with Crippen LogP contribution in [0.25, 0.3) is 0 Å². The highest BCUT2D eigenvalue weighted by Crippen LogP contribution is 2.64. The normalized spacial score (nSPS) is 30.4. The van der Waals surface area contributed by atoms with Crippen molar-refractivity contribution in [3.8, 4) is 5.75 Å². The van der Waals surface area contributed by atoms with E-state index in [1.165, 1.54) is 0 Å². The summed E-state index contributed by atoms with van der Waals surface area (Å²) in [5.74, 6) is -1.27. The molecule has 3 saturated heterocycles. The Morgan fingerprint density at radius 1 is 1.14 bits per heavy atom. The molecule has 0 radical (unpaired) electrons. The van der Waals surface area contributed by atoms with E-state index in [0.29, 0.717) is 56.6 Å². The first-order chi connectivity index (χ1) is 17.4. The molecule has 3 N–H and O–H groups in total. The number of unbranched alkanes of at least 4 members (excludes halogenated alkanes) is 2. The molecule has 0 aliphatic carbocycles. The van der Waals surface area contributed by atoms with Crippen molar-refractivity contribution >= 4 is 23.4 Å². The van der Waals surface area contributed by atoms with E-state index in [0.717, 1.165) is 12.8 Å². The van der Waals surface area contributed by atoms with Crippen LogP contribution in [0.4, 0.5) is 5.69 Å². The molecule has 3 aliphatic heterocycles. The molecule has 36 heavy (non-hydrogen) atoms. The first-order valence-electron chi connectivity index (χ1n) is 13.2. The van der Waals surface area contributed by atoms with Gasteiger partial charge < -0.3 is 30.1 Å². The molecule has 9 heteroatoms.